The highest BCUT2D eigenvalue weighted by molar-refractivity contribution is 4.97. The van der Waals surface area contributed by atoms with Crippen molar-refractivity contribution in [3.05, 3.63) is 11.7 Å². The first kappa shape index (κ1) is 9.61. The molecule has 0 spiro atoms. The zero-order valence-corrected chi connectivity index (χ0v) is 8.31. The van der Waals surface area contributed by atoms with Gasteiger partial charge in [0, 0.05) is 0 Å². The van der Waals surface area contributed by atoms with E-state index in [1.54, 1.807) is 0 Å². The smallest absolute Gasteiger partial charge is 0.252 e. The van der Waals surface area contributed by atoms with Crippen LogP contribution >= 0.6 is 0 Å². The molecular formula is C9H15N3O2. The quantitative estimate of drug-likeness (QED) is 0.773. The topological polar surface area (TPSA) is 62.4 Å². The second-order valence-electron chi connectivity index (χ2n) is 3.49. The highest BCUT2D eigenvalue weighted by atomic mass is 16.5. The Hall–Kier alpha value is -0.940. The average Bonchev–Trinajstić information content (AvgIpc) is 2.85. The molecule has 5 nitrogen and oxygen atoms in total. The molecule has 1 aromatic rings. The summed E-state index contributed by atoms with van der Waals surface area (Å²) >= 11 is 0. The van der Waals surface area contributed by atoms with Crippen LogP contribution in [-0.4, -0.2) is 33.2 Å². The van der Waals surface area contributed by atoms with Crippen LogP contribution < -0.4 is 0 Å². The van der Waals surface area contributed by atoms with Crippen LogP contribution in [0.1, 0.15) is 37.5 Å². The van der Waals surface area contributed by atoms with Crippen molar-refractivity contribution in [1.29, 1.82) is 0 Å². The number of hydrogen-bond acceptors (Lipinski definition) is 5. The number of aromatic nitrogens is 2. The summed E-state index contributed by atoms with van der Waals surface area (Å²) in [7, 11) is 0. The fourth-order valence-corrected chi connectivity index (χ4v) is 1.96. The molecule has 1 aliphatic heterocycles. The van der Waals surface area contributed by atoms with Crippen LogP contribution in [0.4, 0.5) is 0 Å². The van der Waals surface area contributed by atoms with Gasteiger partial charge in [-0.15, -0.1) is 0 Å². The van der Waals surface area contributed by atoms with Crippen molar-refractivity contribution in [2.75, 3.05) is 13.1 Å². The second kappa shape index (κ2) is 4.06. The minimum Gasteiger partial charge on any atom is -0.387 e. The van der Waals surface area contributed by atoms with Crippen molar-refractivity contribution in [1.82, 2.24) is 15.0 Å². The maximum Gasteiger partial charge on any atom is 0.252 e. The van der Waals surface area contributed by atoms with Crippen molar-refractivity contribution in [2.24, 2.45) is 0 Å². The molecule has 1 aliphatic rings. The van der Waals surface area contributed by atoms with Crippen LogP contribution in [0.3, 0.4) is 0 Å². The van der Waals surface area contributed by atoms with Gasteiger partial charge in [0.1, 0.15) is 6.61 Å². The molecule has 1 aromatic heterocycles. The fraction of sp³-hybridized carbons (Fsp3) is 0.778. The maximum atomic E-state index is 8.81. The van der Waals surface area contributed by atoms with Crippen molar-refractivity contribution >= 4 is 0 Å². The highest BCUT2D eigenvalue weighted by Crippen LogP contribution is 2.29. The number of aliphatic hydroxyl groups is 1. The molecule has 14 heavy (non-hydrogen) atoms. The van der Waals surface area contributed by atoms with E-state index in [9.17, 15) is 0 Å². The molecule has 1 fully saturated rings. The first-order chi connectivity index (χ1) is 6.85. The van der Waals surface area contributed by atoms with E-state index in [2.05, 4.69) is 22.0 Å². The van der Waals surface area contributed by atoms with Gasteiger partial charge in [0.15, 0.2) is 5.82 Å². The largest absolute Gasteiger partial charge is 0.387 e. The van der Waals surface area contributed by atoms with Crippen LogP contribution in [0.25, 0.3) is 0 Å². The Morgan fingerprint density at radius 2 is 2.50 bits per heavy atom. The molecule has 5 heteroatoms. The van der Waals surface area contributed by atoms with E-state index in [1.165, 1.54) is 6.42 Å². The molecule has 0 bridgehead atoms. The zero-order valence-electron chi connectivity index (χ0n) is 8.31. The lowest BCUT2D eigenvalue weighted by Gasteiger charge is -2.18. The highest BCUT2D eigenvalue weighted by Gasteiger charge is 2.28. The van der Waals surface area contributed by atoms with Crippen LogP contribution in [0.2, 0.25) is 0 Å². The SMILES string of the molecule is CCN1CCCC1c1noc(CO)n1. The van der Waals surface area contributed by atoms with Crippen LogP contribution in [0.5, 0.6) is 0 Å². The molecule has 2 rings (SSSR count). The summed E-state index contributed by atoms with van der Waals surface area (Å²) in [5, 5.41) is 12.7. The Kier molecular flexibility index (Phi) is 2.79. The number of nitrogens with zero attached hydrogens (tertiary/aromatic N) is 3. The molecule has 0 saturated carbocycles. The Labute approximate surface area is 82.7 Å². The summed E-state index contributed by atoms with van der Waals surface area (Å²) in [4.78, 5) is 6.46. The lowest BCUT2D eigenvalue weighted by Crippen LogP contribution is -2.23. The molecular weight excluding hydrogens is 182 g/mol. The van der Waals surface area contributed by atoms with Gasteiger partial charge in [0.2, 0.25) is 0 Å². The van der Waals surface area contributed by atoms with Crippen molar-refractivity contribution in [3.63, 3.8) is 0 Å². The van der Waals surface area contributed by atoms with Gasteiger partial charge in [-0.05, 0) is 25.9 Å². The van der Waals surface area contributed by atoms with Gasteiger partial charge in [0.25, 0.3) is 5.89 Å². The molecule has 0 radical (unpaired) electrons. The van der Waals surface area contributed by atoms with E-state index in [4.69, 9.17) is 9.63 Å². The number of rotatable bonds is 3. The molecule has 1 unspecified atom stereocenters. The van der Waals surface area contributed by atoms with E-state index in [0.29, 0.717) is 11.7 Å². The lowest BCUT2D eigenvalue weighted by molar-refractivity contribution is 0.220. The van der Waals surface area contributed by atoms with Crippen LogP contribution in [-0.2, 0) is 6.61 Å². The van der Waals surface area contributed by atoms with Crippen molar-refractivity contribution < 1.29 is 9.63 Å². The molecule has 0 aliphatic carbocycles. The van der Waals surface area contributed by atoms with Gasteiger partial charge in [-0.1, -0.05) is 12.1 Å². The Morgan fingerprint density at radius 1 is 1.64 bits per heavy atom. The zero-order chi connectivity index (χ0) is 9.97. The molecule has 2 heterocycles. The Balaban J connectivity index is 2.13. The summed E-state index contributed by atoms with van der Waals surface area (Å²) in [5.74, 6) is 1.02. The maximum absolute atomic E-state index is 8.81. The van der Waals surface area contributed by atoms with E-state index >= 15 is 0 Å². The third-order valence-corrected chi connectivity index (χ3v) is 2.69. The van der Waals surface area contributed by atoms with Gasteiger partial charge < -0.3 is 9.63 Å². The summed E-state index contributed by atoms with van der Waals surface area (Å²) in [6, 6.07) is 0.282. The third kappa shape index (κ3) is 1.65. The Bertz CT molecular complexity index is 300. The molecule has 0 aromatic carbocycles. The molecule has 1 atom stereocenters. The number of aliphatic hydroxyl groups excluding tert-OH is 1. The van der Waals surface area contributed by atoms with E-state index < -0.39 is 0 Å². The van der Waals surface area contributed by atoms with Crippen LogP contribution in [0, 0.1) is 0 Å². The third-order valence-electron chi connectivity index (χ3n) is 2.69. The Morgan fingerprint density at radius 3 is 3.14 bits per heavy atom. The van der Waals surface area contributed by atoms with Gasteiger partial charge in [-0.25, -0.2) is 0 Å². The van der Waals surface area contributed by atoms with Crippen molar-refractivity contribution in [3.8, 4) is 0 Å². The summed E-state index contributed by atoms with van der Waals surface area (Å²) in [6.07, 6.45) is 2.26. The predicted molar refractivity (Wildman–Crippen MR) is 49.4 cm³/mol. The summed E-state index contributed by atoms with van der Waals surface area (Å²) in [5.41, 5.74) is 0. The fourth-order valence-electron chi connectivity index (χ4n) is 1.96. The van der Waals surface area contributed by atoms with Gasteiger partial charge in [0.05, 0.1) is 6.04 Å². The van der Waals surface area contributed by atoms with Crippen molar-refractivity contribution in [2.45, 2.75) is 32.4 Å². The monoisotopic (exact) mass is 197 g/mol. The molecule has 0 amide bonds. The van der Waals surface area contributed by atoms with Crippen LogP contribution in [0.15, 0.2) is 4.52 Å². The van der Waals surface area contributed by atoms with E-state index in [0.717, 1.165) is 19.5 Å². The molecule has 78 valence electrons. The summed E-state index contributed by atoms with van der Waals surface area (Å²) in [6.45, 7) is 4.06. The molecule has 1 N–H and O–H groups in total. The normalized spacial score (nSPS) is 23.1. The minimum atomic E-state index is -0.175. The first-order valence-corrected chi connectivity index (χ1v) is 5.02. The minimum absolute atomic E-state index is 0.175. The van der Waals surface area contributed by atoms with E-state index in [-0.39, 0.29) is 12.6 Å². The number of hydrogen-bond donors (Lipinski definition) is 1. The molecule has 1 saturated heterocycles. The second-order valence-corrected chi connectivity index (χ2v) is 3.49. The average molecular weight is 197 g/mol. The van der Waals surface area contributed by atoms with Gasteiger partial charge in [-0.3, -0.25) is 4.90 Å². The van der Waals surface area contributed by atoms with E-state index in [1.807, 2.05) is 0 Å². The number of likely N-dealkylation sites (tertiary alicyclic amines) is 1. The van der Waals surface area contributed by atoms with Gasteiger partial charge in [-0.2, -0.15) is 4.98 Å². The lowest BCUT2D eigenvalue weighted by atomic mass is 10.2. The predicted octanol–water partition coefficient (Wildman–Crippen LogP) is 0.719. The summed E-state index contributed by atoms with van der Waals surface area (Å²) < 4.78 is 4.88. The standard InChI is InChI=1S/C9H15N3O2/c1-2-12-5-3-4-7(12)9-10-8(6-13)14-11-9/h7,13H,2-6H2,1H3. The first-order valence-electron chi connectivity index (χ1n) is 5.02. The van der Waals surface area contributed by atoms with Gasteiger partial charge >= 0.3 is 0 Å².